The van der Waals surface area contributed by atoms with E-state index in [0.717, 1.165) is 19.4 Å². The molecule has 1 radical (unpaired) electrons. The highest BCUT2D eigenvalue weighted by molar-refractivity contribution is 4.86. The first-order valence-electron chi connectivity index (χ1n) is 3.26. The minimum absolute atomic E-state index is 0.194. The Kier molecular flexibility index (Phi) is 1.57. The SMILES string of the molecule is [CH2]CC1(CC)CCO1. The molecule has 1 rings (SSSR count). The van der Waals surface area contributed by atoms with Gasteiger partial charge < -0.3 is 4.74 Å². The van der Waals surface area contributed by atoms with Crippen molar-refractivity contribution < 1.29 is 4.74 Å². The molecule has 1 nitrogen and oxygen atoms in total. The van der Waals surface area contributed by atoms with E-state index in [4.69, 9.17) is 4.74 Å². The summed E-state index contributed by atoms with van der Waals surface area (Å²) in [4.78, 5) is 0. The molecule has 0 aliphatic carbocycles. The molecule has 0 aromatic rings. The Morgan fingerprint density at radius 3 is 2.38 bits per heavy atom. The molecule has 0 saturated carbocycles. The van der Waals surface area contributed by atoms with E-state index >= 15 is 0 Å². The monoisotopic (exact) mass is 113 g/mol. The standard InChI is InChI=1S/C7H13O/c1-3-7(4-2)5-6-8-7/h1,3-6H2,2H3. The fraction of sp³-hybridized carbons (Fsp3) is 0.857. The van der Waals surface area contributed by atoms with Gasteiger partial charge in [0.25, 0.3) is 0 Å². The van der Waals surface area contributed by atoms with Gasteiger partial charge in [0, 0.05) is 0 Å². The van der Waals surface area contributed by atoms with E-state index in [1.165, 1.54) is 6.42 Å². The van der Waals surface area contributed by atoms with Crippen molar-refractivity contribution in [1.82, 2.24) is 0 Å². The van der Waals surface area contributed by atoms with E-state index in [1.807, 2.05) is 0 Å². The van der Waals surface area contributed by atoms with Crippen LogP contribution in [0, 0.1) is 6.92 Å². The molecule has 0 N–H and O–H groups in total. The minimum Gasteiger partial charge on any atom is -0.375 e. The molecule has 47 valence electrons. The Balaban J connectivity index is 2.33. The first-order chi connectivity index (χ1) is 3.83. The Hall–Kier alpha value is -0.0400. The lowest BCUT2D eigenvalue weighted by atomic mass is 9.89. The molecule has 1 unspecified atom stereocenters. The highest BCUT2D eigenvalue weighted by atomic mass is 16.5. The second-order valence-electron chi connectivity index (χ2n) is 2.39. The van der Waals surface area contributed by atoms with Gasteiger partial charge in [0.2, 0.25) is 0 Å². The summed E-state index contributed by atoms with van der Waals surface area (Å²) >= 11 is 0. The van der Waals surface area contributed by atoms with E-state index in [-0.39, 0.29) is 5.60 Å². The van der Waals surface area contributed by atoms with Gasteiger partial charge in [-0.3, -0.25) is 0 Å². The van der Waals surface area contributed by atoms with E-state index < -0.39 is 0 Å². The van der Waals surface area contributed by atoms with Crippen molar-refractivity contribution >= 4 is 0 Å². The zero-order valence-electron chi connectivity index (χ0n) is 5.44. The molecule has 1 aliphatic rings. The largest absolute Gasteiger partial charge is 0.375 e. The van der Waals surface area contributed by atoms with Crippen LogP contribution >= 0.6 is 0 Å². The minimum atomic E-state index is 0.194. The third-order valence-electron chi connectivity index (χ3n) is 2.07. The van der Waals surface area contributed by atoms with Gasteiger partial charge in [-0.1, -0.05) is 13.8 Å². The summed E-state index contributed by atoms with van der Waals surface area (Å²) in [6.45, 7) is 6.93. The van der Waals surface area contributed by atoms with Crippen molar-refractivity contribution in [3.05, 3.63) is 6.92 Å². The van der Waals surface area contributed by atoms with E-state index in [0.29, 0.717) is 0 Å². The van der Waals surface area contributed by atoms with Crippen molar-refractivity contribution in [2.24, 2.45) is 0 Å². The zero-order valence-corrected chi connectivity index (χ0v) is 5.44. The number of hydrogen-bond acceptors (Lipinski definition) is 1. The molecular weight excluding hydrogens is 100 g/mol. The maximum Gasteiger partial charge on any atom is 0.0701 e. The summed E-state index contributed by atoms with van der Waals surface area (Å²) in [6, 6.07) is 0. The van der Waals surface area contributed by atoms with Crippen LogP contribution in [0.4, 0.5) is 0 Å². The summed E-state index contributed by atoms with van der Waals surface area (Å²) in [5, 5.41) is 0. The second-order valence-corrected chi connectivity index (χ2v) is 2.39. The Morgan fingerprint density at radius 1 is 1.75 bits per heavy atom. The normalized spacial score (nSPS) is 24.8. The first kappa shape index (κ1) is 6.09. The third kappa shape index (κ3) is 0.752. The van der Waals surface area contributed by atoms with Crippen LogP contribution in [0.15, 0.2) is 0 Å². The number of hydrogen-bond donors (Lipinski definition) is 0. The van der Waals surface area contributed by atoms with Crippen LogP contribution < -0.4 is 0 Å². The second kappa shape index (κ2) is 2.06. The molecule has 1 fully saturated rings. The highest BCUT2D eigenvalue weighted by Crippen LogP contribution is 2.32. The lowest BCUT2D eigenvalue weighted by molar-refractivity contribution is -0.146. The molecule has 8 heavy (non-hydrogen) atoms. The summed E-state index contributed by atoms with van der Waals surface area (Å²) < 4.78 is 5.35. The van der Waals surface area contributed by atoms with Gasteiger partial charge in [0.15, 0.2) is 0 Å². The Bertz CT molecular complexity index is 60.9. The van der Waals surface area contributed by atoms with Gasteiger partial charge in [0.05, 0.1) is 12.2 Å². The first-order valence-corrected chi connectivity index (χ1v) is 3.26. The van der Waals surface area contributed by atoms with Gasteiger partial charge >= 0.3 is 0 Å². The molecule has 0 amide bonds. The van der Waals surface area contributed by atoms with Crippen molar-refractivity contribution in [3.63, 3.8) is 0 Å². The molecule has 1 atom stereocenters. The van der Waals surface area contributed by atoms with Crippen LogP contribution in [0.1, 0.15) is 26.2 Å². The fourth-order valence-corrected chi connectivity index (χ4v) is 1.04. The molecule has 0 aromatic carbocycles. The van der Waals surface area contributed by atoms with Crippen molar-refractivity contribution in [3.8, 4) is 0 Å². The lowest BCUT2D eigenvalue weighted by Crippen LogP contribution is -2.42. The highest BCUT2D eigenvalue weighted by Gasteiger charge is 2.33. The van der Waals surface area contributed by atoms with Gasteiger partial charge in [-0.05, 0) is 19.3 Å². The van der Waals surface area contributed by atoms with Crippen molar-refractivity contribution in [1.29, 1.82) is 0 Å². The van der Waals surface area contributed by atoms with E-state index in [9.17, 15) is 0 Å². The smallest absolute Gasteiger partial charge is 0.0701 e. The van der Waals surface area contributed by atoms with Crippen LogP contribution in [0.25, 0.3) is 0 Å². The summed E-state index contributed by atoms with van der Waals surface area (Å²) in [5.41, 5.74) is 0.194. The quantitative estimate of drug-likeness (QED) is 0.530. The topological polar surface area (TPSA) is 9.23 Å². The summed E-state index contributed by atoms with van der Waals surface area (Å²) in [7, 11) is 0. The van der Waals surface area contributed by atoms with Gasteiger partial charge in [-0.15, -0.1) is 0 Å². The van der Waals surface area contributed by atoms with Crippen LogP contribution in [-0.2, 0) is 4.74 Å². The van der Waals surface area contributed by atoms with Crippen LogP contribution in [0.2, 0.25) is 0 Å². The van der Waals surface area contributed by atoms with Crippen molar-refractivity contribution in [2.45, 2.75) is 31.8 Å². The lowest BCUT2D eigenvalue weighted by Gasteiger charge is -2.40. The fourth-order valence-electron chi connectivity index (χ4n) is 1.04. The maximum atomic E-state index is 5.35. The summed E-state index contributed by atoms with van der Waals surface area (Å²) in [5.74, 6) is 0. The van der Waals surface area contributed by atoms with Crippen LogP contribution in [0.3, 0.4) is 0 Å². The van der Waals surface area contributed by atoms with Gasteiger partial charge in [-0.25, -0.2) is 0 Å². The van der Waals surface area contributed by atoms with E-state index in [2.05, 4.69) is 13.8 Å². The van der Waals surface area contributed by atoms with Gasteiger partial charge in [-0.2, -0.15) is 0 Å². The number of ether oxygens (including phenoxy) is 1. The molecular formula is C7H13O. The van der Waals surface area contributed by atoms with Crippen molar-refractivity contribution in [2.75, 3.05) is 6.61 Å². The molecule has 0 aromatic heterocycles. The average molecular weight is 113 g/mol. The predicted octanol–water partition coefficient (Wildman–Crippen LogP) is 1.78. The van der Waals surface area contributed by atoms with E-state index in [1.54, 1.807) is 0 Å². The third-order valence-corrected chi connectivity index (χ3v) is 2.07. The molecule has 1 aliphatic heterocycles. The van der Waals surface area contributed by atoms with Crippen LogP contribution in [0.5, 0.6) is 0 Å². The van der Waals surface area contributed by atoms with Crippen LogP contribution in [-0.4, -0.2) is 12.2 Å². The average Bonchev–Trinajstić information content (AvgIpc) is 1.67. The maximum absolute atomic E-state index is 5.35. The number of rotatable bonds is 2. The molecule has 0 spiro atoms. The Labute approximate surface area is 51.0 Å². The zero-order chi connectivity index (χ0) is 6.04. The van der Waals surface area contributed by atoms with Gasteiger partial charge in [0.1, 0.15) is 0 Å². The molecule has 0 bridgehead atoms. The molecule has 1 heteroatoms. The summed E-state index contributed by atoms with van der Waals surface area (Å²) in [6.07, 6.45) is 3.27. The predicted molar refractivity (Wildman–Crippen MR) is 33.6 cm³/mol. The Morgan fingerprint density at radius 2 is 2.38 bits per heavy atom. The molecule has 1 saturated heterocycles. The molecule has 1 heterocycles.